The van der Waals surface area contributed by atoms with Crippen molar-refractivity contribution in [2.75, 3.05) is 17.7 Å². The van der Waals surface area contributed by atoms with Crippen LogP contribution in [0.5, 0.6) is 0 Å². The van der Waals surface area contributed by atoms with Crippen LogP contribution in [0.4, 0.5) is 11.4 Å². The number of carbonyl (C=O) groups excluding carboxylic acids is 1. The normalized spacial score (nSPS) is 23.2. The molecular formula is C15H22N2O2. The summed E-state index contributed by atoms with van der Waals surface area (Å²) in [5.74, 6) is -0.321. The molecule has 0 bridgehead atoms. The van der Waals surface area contributed by atoms with Crippen LogP contribution in [-0.4, -0.2) is 25.2 Å². The van der Waals surface area contributed by atoms with E-state index in [4.69, 9.17) is 10.5 Å². The molecule has 4 nitrogen and oxygen atoms in total. The molecule has 1 aliphatic rings. The van der Waals surface area contributed by atoms with Crippen LogP contribution in [-0.2, 0) is 4.74 Å². The number of nitrogen functional groups attached to an aromatic ring is 1. The van der Waals surface area contributed by atoms with Gasteiger partial charge in [0.2, 0.25) is 0 Å². The highest BCUT2D eigenvalue weighted by molar-refractivity contribution is 5.92. The van der Waals surface area contributed by atoms with Crippen molar-refractivity contribution in [1.29, 1.82) is 0 Å². The molecular weight excluding hydrogens is 240 g/mol. The smallest absolute Gasteiger partial charge is 0.337 e. The first-order valence-corrected chi connectivity index (χ1v) is 6.80. The first kappa shape index (κ1) is 13.7. The predicted octanol–water partition coefficient (Wildman–Crippen LogP) is 2.82. The Bertz CT molecular complexity index is 463. The quantitative estimate of drug-likeness (QED) is 0.657. The van der Waals surface area contributed by atoms with E-state index >= 15 is 0 Å². The van der Waals surface area contributed by atoms with Crippen molar-refractivity contribution in [3.63, 3.8) is 0 Å². The average Bonchev–Trinajstić information content (AvgIpc) is 2.39. The van der Waals surface area contributed by atoms with Gasteiger partial charge in [-0.2, -0.15) is 0 Å². The van der Waals surface area contributed by atoms with E-state index in [1.807, 2.05) is 6.07 Å². The van der Waals surface area contributed by atoms with E-state index in [1.54, 1.807) is 12.1 Å². The van der Waals surface area contributed by atoms with Crippen LogP contribution in [0, 0.1) is 0 Å². The van der Waals surface area contributed by atoms with Gasteiger partial charge in [0, 0.05) is 12.1 Å². The summed E-state index contributed by atoms with van der Waals surface area (Å²) in [4.78, 5) is 14.0. The van der Waals surface area contributed by atoms with Crippen LogP contribution in [0.3, 0.4) is 0 Å². The number of hydrogen-bond donors (Lipinski definition) is 1. The van der Waals surface area contributed by atoms with Crippen molar-refractivity contribution >= 4 is 17.3 Å². The third kappa shape index (κ3) is 2.67. The number of methoxy groups -OCH3 is 1. The number of carbonyl (C=O) groups is 1. The lowest BCUT2D eigenvalue weighted by Crippen LogP contribution is -2.44. The number of anilines is 2. The van der Waals surface area contributed by atoms with Gasteiger partial charge in [0.15, 0.2) is 0 Å². The zero-order chi connectivity index (χ0) is 14.0. The number of esters is 1. The highest BCUT2D eigenvalue weighted by atomic mass is 16.5. The first-order valence-electron chi connectivity index (χ1n) is 6.80. The maximum Gasteiger partial charge on any atom is 0.337 e. The Morgan fingerprint density at radius 1 is 1.32 bits per heavy atom. The maximum atomic E-state index is 11.6. The highest BCUT2D eigenvalue weighted by Crippen LogP contribution is 2.33. The Morgan fingerprint density at radius 3 is 2.53 bits per heavy atom. The molecule has 1 aromatic rings. The third-order valence-electron chi connectivity index (χ3n) is 3.92. The Balaban J connectivity index is 2.39. The van der Waals surface area contributed by atoms with Crippen molar-refractivity contribution in [1.82, 2.24) is 0 Å². The Kier molecular flexibility index (Phi) is 3.98. The van der Waals surface area contributed by atoms with E-state index in [-0.39, 0.29) is 5.97 Å². The minimum atomic E-state index is -0.321. The molecule has 1 aromatic carbocycles. The Hall–Kier alpha value is -1.71. The minimum absolute atomic E-state index is 0.321. The van der Waals surface area contributed by atoms with E-state index in [9.17, 15) is 4.79 Å². The SMILES string of the molecule is COC(=O)c1ccc(N)c(N2C(C)CCCC2C)c1. The number of nitrogens with two attached hydrogens (primary N) is 1. The predicted molar refractivity (Wildman–Crippen MR) is 77.4 cm³/mol. The molecule has 1 saturated heterocycles. The van der Waals surface area contributed by atoms with Crippen molar-refractivity contribution in [3.8, 4) is 0 Å². The highest BCUT2D eigenvalue weighted by Gasteiger charge is 2.26. The number of nitrogens with zero attached hydrogens (tertiary/aromatic N) is 1. The lowest BCUT2D eigenvalue weighted by molar-refractivity contribution is 0.0601. The van der Waals surface area contributed by atoms with Crippen LogP contribution in [0.1, 0.15) is 43.5 Å². The topological polar surface area (TPSA) is 55.6 Å². The Morgan fingerprint density at radius 2 is 1.95 bits per heavy atom. The molecule has 0 aromatic heterocycles. The van der Waals surface area contributed by atoms with E-state index in [0.29, 0.717) is 23.3 Å². The van der Waals surface area contributed by atoms with E-state index in [2.05, 4.69) is 18.7 Å². The third-order valence-corrected chi connectivity index (χ3v) is 3.92. The Labute approximate surface area is 114 Å². The second-order valence-corrected chi connectivity index (χ2v) is 5.30. The van der Waals surface area contributed by atoms with Crippen LogP contribution in [0.2, 0.25) is 0 Å². The van der Waals surface area contributed by atoms with Crippen LogP contribution in [0.25, 0.3) is 0 Å². The summed E-state index contributed by atoms with van der Waals surface area (Å²) in [6, 6.07) is 6.23. The van der Waals surface area contributed by atoms with Crippen LogP contribution < -0.4 is 10.6 Å². The van der Waals surface area contributed by atoms with E-state index in [1.165, 1.54) is 13.5 Å². The number of piperidine rings is 1. The fourth-order valence-corrected chi connectivity index (χ4v) is 2.91. The molecule has 1 heterocycles. The van der Waals surface area contributed by atoms with Gasteiger partial charge in [-0.25, -0.2) is 4.79 Å². The fraction of sp³-hybridized carbons (Fsp3) is 0.533. The molecule has 2 rings (SSSR count). The van der Waals surface area contributed by atoms with E-state index in [0.717, 1.165) is 18.5 Å². The zero-order valence-electron chi connectivity index (χ0n) is 11.8. The summed E-state index contributed by atoms with van der Waals surface area (Å²) in [5.41, 5.74) is 8.31. The minimum Gasteiger partial charge on any atom is -0.465 e. The molecule has 0 aliphatic carbocycles. The number of rotatable bonds is 2. The standard InChI is InChI=1S/C15H22N2O2/c1-10-5-4-6-11(2)17(10)14-9-12(15(18)19-3)7-8-13(14)16/h7-11H,4-6,16H2,1-3H3. The zero-order valence-corrected chi connectivity index (χ0v) is 11.8. The summed E-state index contributed by atoms with van der Waals surface area (Å²) in [6.45, 7) is 4.42. The second kappa shape index (κ2) is 5.51. The number of hydrogen-bond acceptors (Lipinski definition) is 4. The van der Waals surface area contributed by atoms with Crippen molar-refractivity contribution < 1.29 is 9.53 Å². The lowest BCUT2D eigenvalue weighted by atomic mass is 9.96. The van der Waals surface area contributed by atoms with Gasteiger partial charge in [-0.3, -0.25) is 0 Å². The van der Waals surface area contributed by atoms with Gasteiger partial charge < -0.3 is 15.4 Å². The largest absolute Gasteiger partial charge is 0.465 e. The molecule has 0 amide bonds. The summed E-state index contributed by atoms with van der Waals surface area (Å²) >= 11 is 0. The summed E-state index contributed by atoms with van der Waals surface area (Å²) in [7, 11) is 1.39. The molecule has 1 fully saturated rings. The van der Waals surface area contributed by atoms with Gasteiger partial charge in [0.05, 0.1) is 24.0 Å². The van der Waals surface area contributed by atoms with Crippen molar-refractivity contribution in [2.45, 2.75) is 45.2 Å². The van der Waals surface area contributed by atoms with E-state index < -0.39 is 0 Å². The number of benzene rings is 1. The average molecular weight is 262 g/mol. The van der Waals surface area contributed by atoms with Gasteiger partial charge in [-0.1, -0.05) is 0 Å². The van der Waals surface area contributed by atoms with Crippen LogP contribution >= 0.6 is 0 Å². The fourth-order valence-electron chi connectivity index (χ4n) is 2.91. The molecule has 104 valence electrons. The molecule has 2 unspecified atom stereocenters. The van der Waals surface area contributed by atoms with Crippen molar-refractivity contribution in [2.24, 2.45) is 0 Å². The molecule has 19 heavy (non-hydrogen) atoms. The van der Waals surface area contributed by atoms with Gasteiger partial charge >= 0.3 is 5.97 Å². The first-order chi connectivity index (χ1) is 9.04. The molecule has 4 heteroatoms. The molecule has 2 N–H and O–H groups in total. The van der Waals surface area contributed by atoms with Crippen LogP contribution in [0.15, 0.2) is 18.2 Å². The summed E-state index contributed by atoms with van der Waals surface area (Å²) in [6.07, 6.45) is 3.56. The van der Waals surface area contributed by atoms with Gasteiger partial charge in [-0.15, -0.1) is 0 Å². The summed E-state index contributed by atoms with van der Waals surface area (Å²) < 4.78 is 4.77. The molecule has 2 atom stereocenters. The van der Waals surface area contributed by atoms with Gasteiger partial charge in [0.1, 0.15) is 0 Å². The number of ether oxygens (including phenoxy) is 1. The van der Waals surface area contributed by atoms with Crippen molar-refractivity contribution in [3.05, 3.63) is 23.8 Å². The summed E-state index contributed by atoms with van der Waals surface area (Å²) in [5, 5.41) is 0. The molecule has 0 radical (unpaired) electrons. The molecule has 0 saturated carbocycles. The monoisotopic (exact) mass is 262 g/mol. The molecule has 1 aliphatic heterocycles. The second-order valence-electron chi connectivity index (χ2n) is 5.30. The van der Waals surface area contributed by atoms with Gasteiger partial charge in [0.25, 0.3) is 0 Å². The van der Waals surface area contributed by atoms with Gasteiger partial charge in [-0.05, 0) is 51.3 Å². The lowest BCUT2D eigenvalue weighted by Gasteiger charge is -2.41. The molecule has 0 spiro atoms. The maximum absolute atomic E-state index is 11.6.